The summed E-state index contributed by atoms with van der Waals surface area (Å²) in [6, 6.07) is 11.5. The van der Waals surface area contributed by atoms with Crippen LogP contribution in [0.15, 0.2) is 53.4 Å². The van der Waals surface area contributed by atoms with Crippen molar-refractivity contribution in [3.63, 3.8) is 0 Å². The Balaban J connectivity index is 1.28. The summed E-state index contributed by atoms with van der Waals surface area (Å²) in [4.78, 5) is 26.6. The van der Waals surface area contributed by atoms with Gasteiger partial charge >= 0.3 is 0 Å². The first-order chi connectivity index (χ1) is 15.3. The molecule has 2 N–H and O–H groups in total. The van der Waals surface area contributed by atoms with E-state index in [1.165, 1.54) is 12.1 Å². The number of carbonyl (C=O) groups is 2. The molecule has 0 spiro atoms. The average Bonchev–Trinajstić information content (AvgIpc) is 3.59. The number of anilines is 1. The maximum Gasteiger partial charge on any atom is 0.261 e. The predicted molar refractivity (Wildman–Crippen MR) is 118 cm³/mol. The lowest BCUT2D eigenvalue weighted by atomic mass is 9.95. The van der Waals surface area contributed by atoms with Gasteiger partial charge in [-0.1, -0.05) is 12.1 Å². The van der Waals surface area contributed by atoms with Gasteiger partial charge < -0.3 is 10.2 Å². The molecule has 2 fully saturated rings. The standard InChI is InChI=1S/C23H26FN3O4S/c24-18-3-9-21(10-4-18)32(30,31)26-20-5-1-16(2-6-20)15-22(28)27-13-11-17(12-14-27)23(29)25-19-7-8-19/h1-6,9-10,17,19,26H,7-8,11-15H2,(H,25,29). The van der Waals surface area contributed by atoms with Crippen molar-refractivity contribution in [1.82, 2.24) is 10.2 Å². The fourth-order valence-corrected chi connectivity index (χ4v) is 4.80. The number of likely N-dealkylation sites (tertiary alicyclic amines) is 1. The summed E-state index contributed by atoms with van der Waals surface area (Å²) in [6.45, 7) is 1.13. The molecule has 0 radical (unpaired) electrons. The third kappa shape index (κ3) is 5.64. The molecule has 0 unspecified atom stereocenters. The highest BCUT2D eigenvalue weighted by atomic mass is 32.2. The highest BCUT2D eigenvalue weighted by Crippen LogP contribution is 2.23. The highest BCUT2D eigenvalue weighted by Gasteiger charge is 2.31. The van der Waals surface area contributed by atoms with Gasteiger partial charge in [-0.25, -0.2) is 12.8 Å². The van der Waals surface area contributed by atoms with E-state index in [9.17, 15) is 22.4 Å². The lowest BCUT2D eigenvalue weighted by Crippen LogP contribution is -2.43. The molecular weight excluding hydrogens is 433 g/mol. The van der Waals surface area contributed by atoms with Crippen molar-refractivity contribution in [2.45, 2.75) is 43.0 Å². The first-order valence-corrected chi connectivity index (χ1v) is 12.2. The number of piperidine rings is 1. The Morgan fingerprint density at radius 1 is 0.938 bits per heavy atom. The molecule has 2 aromatic rings. The molecule has 0 atom stereocenters. The largest absolute Gasteiger partial charge is 0.353 e. The van der Waals surface area contributed by atoms with Crippen molar-refractivity contribution < 1.29 is 22.4 Å². The summed E-state index contributed by atoms with van der Waals surface area (Å²) in [7, 11) is -3.82. The number of benzene rings is 2. The molecular formula is C23H26FN3O4S. The maximum atomic E-state index is 13.0. The van der Waals surface area contributed by atoms with Crippen LogP contribution in [-0.4, -0.2) is 44.3 Å². The van der Waals surface area contributed by atoms with Gasteiger partial charge in [-0.15, -0.1) is 0 Å². The van der Waals surface area contributed by atoms with Crippen LogP contribution in [0.5, 0.6) is 0 Å². The van der Waals surface area contributed by atoms with Crippen LogP contribution in [0, 0.1) is 11.7 Å². The minimum absolute atomic E-state index is 0.00862. The van der Waals surface area contributed by atoms with Gasteiger partial charge in [0.2, 0.25) is 11.8 Å². The van der Waals surface area contributed by atoms with Gasteiger partial charge in [-0.2, -0.15) is 0 Å². The average molecular weight is 460 g/mol. The molecule has 4 rings (SSSR count). The van der Waals surface area contributed by atoms with Gasteiger partial charge in [-0.05, 0) is 67.6 Å². The quantitative estimate of drug-likeness (QED) is 0.666. The molecule has 1 saturated carbocycles. The molecule has 0 bridgehead atoms. The van der Waals surface area contributed by atoms with Crippen LogP contribution < -0.4 is 10.0 Å². The second-order valence-corrected chi connectivity index (χ2v) is 10.1. The third-order valence-electron chi connectivity index (χ3n) is 5.83. The number of nitrogens with zero attached hydrogens (tertiary/aromatic N) is 1. The molecule has 1 saturated heterocycles. The number of hydrogen-bond acceptors (Lipinski definition) is 4. The predicted octanol–water partition coefficient (Wildman–Crippen LogP) is 2.69. The number of rotatable bonds is 7. The number of nitrogens with one attached hydrogen (secondary N) is 2. The number of halogens is 1. The SMILES string of the molecule is O=C(NC1CC1)C1CCN(C(=O)Cc2ccc(NS(=O)(=O)c3ccc(F)cc3)cc2)CC1. The maximum absolute atomic E-state index is 13.0. The Hall–Kier alpha value is -2.94. The molecule has 0 aromatic heterocycles. The van der Waals surface area contributed by atoms with Crippen molar-refractivity contribution >= 4 is 27.5 Å². The van der Waals surface area contributed by atoms with Gasteiger partial charge in [0.1, 0.15) is 5.82 Å². The highest BCUT2D eigenvalue weighted by molar-refractivity contribution is 7.92. The van der Waals surface area contributed by atoms with E-state index in [0.717, 1.165) is 30.5 Å². The van der Waals surface area contributed by atoms with Crippen LogP contribution in [0.25, 0.3) is 0 Å². The lowest BCUT2D eigenvalue weighted by Gasteiger charge is -2.31. The summed E-state index contributed by atoms with van der Waals surface area (Å²) >= 11 is 0. The van der Waals surface area contributed by atoms with Crippen molar-refractivity contribution in [3.05, 3.63) is 59.9 Å². The van der Waals surface area contributed by atoms with Crippen LogP contribution in [0.3, 0.4) is 0 Å². The summed E-state index contributed by atoms with van der Waals surface area (Å²) in [5.74, 6) is -0.430. The zero-order valence-corrected chi connectivity index (χ0v) is 18.4. The number of sulfonamides is 1. The summed E-state index contributed by atoms with van der Waals surface area (Å²) in [5.41, 5.74) is 1.13. The minimum atomic E-state index is -3.82. The Labute approximate surface area is 187 Å². The molecule has 2 aliphatic rings. The van der Waals surface area contributed by atoms with E-state index in [-0.39, 0.29) is 29.0 Å². The van der Waals surface area contributed by atoms with Crippen molar-refractivity contribution in [3.8, 4) is 0 Å². The van der Waals surface area contributed by atoms with Gasteiger partial charge in [0, 0.05) is 30.7 Å². The fraction of sp³-hybridized carbons (Fsp3) is 0.391. The Bertz CT molecular complexity index is 1080. The summed E-state index contributed by atoms with van der Waals surface area (Å²) < 4.78 is 40.3. The molecule has 7 nitrogen and oxygen atoms in total. The van der Waals surface area contributed by atoms with Crippen LogP contribution in [0.2, 0.25) is 0 Å². The van der Waals surface area contributed by atoms with Gasteiger partial charge in [-0.3, -0.25) is 14.3 Å². The van der Waals surface area contributed by atoms with Crippen molar-refractivity contribution in [2.75, 3.05) is 17.8 Å². The Kier molecular flexibility index (Phi) is 6.45. The molecule has 32 heavy (non-hydrogen) atoms. The fourth-order valence-electron chi connectivity index (χ4n) is 3.74. The molecule has 170 valence electrons. The van der Waals surface area contributed by atoms with Gasteiger partial charge in [0.15, 0.2) is 0 Å². The monoisotopic (exact) mass is 459 g/mol. The smallest absolute Gasteiger partial charge is 0.261 e. The molecule has 2 amide bonds. The van der Waals surface area contributed by atoms with E-state index in [1.807, 2.05) is 0 Å². The molecule has 2 aromatic carbocycles. The van der Waals surface area contributed by atoms with E-state index in [2.05, 4.69) is 10.0 Å². The van der Waals surface area contributed by atoms with Crippen LogP contribution in [0.4, 0.5) is 10.1 Å². The molecule has 9 heteroatoms. The van der Waals surface area contributed by atoms with Crippen LogP contribution in [-0.2, 0) is 26.0 Å². The zero-order chi connectivity index (χ0) is 22.7. The van der Waals surface area contributed by atoms with Crippen molar-refractivity contribution in [2.24, 2.45) is 5.92 Å². The number of hydrogen-bond donors (Lipinski definition) is 2. The van der Waals surface area contributed by atoms with Gasteiger partial charge in [0.05, 0.1) is 11.3 Å². The van der Waals surface area contributed by atoms with E-state index in [0.29, 0.717) is 37.7 Å². The molecule has 1 heterocycles. The summed E-state index contributed by atoms with van der Waals surface area (Å²) in [5, 5.41) is 3.03. The van der Waals surface area contributed by atoms with E-state index in [1.54, 1.807) is 29.2 Å². The second-order valence-electron chi connectivity index (χ2n) is 8.37. The number of carbonyl (C=O) groups excluding carboxylic acids is 2. The Morgan fingerprint density at radius 3 is 2.16 bits per heavy atom. The first kappa shape index (κ1) is 22.3. The van der Waals surface area contributed by atoms with E-state index < -0.39 is 15.8 Å². The van der Waals surface area contributed by atoms with Crippen molar-refractivity contribution in [1.29, 1.82) is 0 Å². The van der Waals surface area contributed by atoms with Crippen LogP contribution in [0.1, 0.15) is 31.2 Å². The van der Waals surface area contributed by atoms with Gasteiger partial charge in [0.25, 0.3) is 10.0 Å². The normalized spacial score (nSPS) is 17.1. The minimum Gasteiger partial charge on any atom is -0.353 e. The first-order valence-electron chi connectivity index (χ1n) is 10.8. The number of amides is 2. The lowest BCUT2D eigenvalue weighted by molar-refractivity contribution is -0.135. The van der Waals surface area contributed by atoms with Crippen LogP contribution >= 0.6 is 0 Å². The van der Waals surface area contributed by atoms with E-state index in [4.69, 9.17) is 0 Å². The Morgan fingerprint density at radius 2 is 1.56 bits per heavy atom. The summed E-state index contributed by atoms with van der Waals surface area (Å²) in [6.07, 6.45) is 3.69. The topological polar surface area (TPSA) is 95.6 Å². The molecule has 1 aliphatic heterocycles. The molecule has 1 aliphatic carbocycles. The third-order valence-corrected chi connectivity index (χ3v) is 7.22. The zero-order valence-electron chi connectivity index (χ0n) is 17.6. The van der Waals surface area contributed by atoms with E-state index >= 15 is 0 Å². The second kappa shape index (κ2) is 9.28.